The van der Waals surface area contributed by atoms with Crippen LogP contribution in [0.1, 0.15) is 65.4 Å². The summed E-state index contributed by atoms with van der Waals surface area (Å²) in [7, 11) is 0. The van der Waals surface area contributed by atoms with Crippen molar-refractivity contribution in [2.24, 2.45) is 11.1 Å². The Kier molecular flexibility index (Phi) is 7.64. The van der Waals surface area contributed by atoms with Gasteiger partial charge in [0, 0.05) is 17.2 Å². The highest BCUT2D eigenvalue weighted by Gasteiger charge is 2.35. The molecule has 0 radical (unpaired) electrons. The normalized spacial score (nSPS) is 19.8. The van der Waals surface area contributed by atoms with Crippen LogP contribution in [0.25, 0.3) is 0 Å². The third-order valence-corrected chi connectivity index (χ3v) is 5.15. The summed E-state index contributed by atoms with van der Waals surface area (Å²) in [5.74, 6) is 0.676. The van der Waals surface area contributed by atoms with E-state index >= 15 is 0 Å². The molecule has 0 N–H and O–H groups in total. The second-order valence-corrected chi connectivity index (χ2v) is 9.38. The number of hydrogen-bond acceptors (Lipinski definition) is 6. The maximum Gasteiger partial charge on any atom is 0.347 e. The van der Waals surface area contributed by atoms with E-state index in [4.69, 9.17) is 30.6 Å². The second kappa shape index (κ2) is 10.0. The summed E-state index contributed by atoms with van der Waals surface area (Å²) in [6.07, 6.45) is 3.90. The Morgan fingerprint density at radius 1 is 1.33 bits per heavy atom. The number of benzene rings is 1. The molecular formula is C23H32ClNO5. The van der Waals surface area contributed by atoms with Gasteiger partial charge in [0.2, 0.25) is 0 Å². The second-order valence-electron chi connectivity index (χ2n) is 8.94. The van der Waals surface area contributed by atoms with E-state index in [2.05, 4.69) is 12.1 Å². The van der Waals surface area contributed by atoms with Crippen LogP contribution in [-0.2, 0) is 19.1 Å². The minimum atomic E-state index is -0.681. The Morgan fingerprint density at radius 3 is 2.77 bits per heavy atom. The maximum atomic E-state index is 12.8. The minimum absolute atomic E-state index is 0.291. The number of oxime groups is 1. The minimum Gasteiger partial charge on any atom is -0.478 e. The molecule has 166 valence electrons. The van der Waals surface area contributed by atoms with Crippen LogP contribution in [0.2, 0.25) is 5.02 Å². The largest absolute Gasteiger partial charge is 0.478 e. The van der Waals surface area contributed by atoms with E-state index in [1.807, 2.05) is 20.8 Å². The number of halogens is 1. The van der Waals surface area contributed by atoms with Gasteiger partial charge in [0.1, 0.15) is 29.8 Å². The van der Waals surface area contributed by atoms with Crippen LogP contribution in [0.4, 0.5) is 0 Å². The van der Waals surface area contributed by atoms with Crippen molar-refractivity contribution in [2.75, 3.05) is 13.2 Å². The fourth-order valence-corrected chi connectivity index (χ4v) is 3.38. The maximum absolute atomic E-state index is 12.8. The number of carbonyl (C=O) groups excluding carboxylic acids is 1. The molecule has 0 saturated heterocycles. The SMILES string of the molecule is CCCCOC1CON=C1c1cc(Cl)ccc1OC(CC1CC1)C(=O)OC(C)(C)C. The van der Waals surface area contributed by atoms with Crippen molar-refractivity contribution in [3.63, 3.8) is 0 Å². The van der Waals surface area contributed by atoms with Gasteiger partial charge in [-0.25, -0.2) is 4.79 Å². The van der Waals surface area contributed by atoms with Gasteiger partial charge in [0.25, 0.3) is 0 Å². The standard InChI is InChI=1S/C23H32ClNO5/c1-5-6-11-27-20-14-28-25-21(20)17-13-16(24)9-10-18(17)29-19(12-15-7-8-15)22(26)30-23(2,3)4/h9-10,13,15,19-20H,5-8,11-12,14H2,1-4H3. The molecule has 1 fully saturated rings. The number of hydrogen-bond donors (Lipinski definition) is 0. The molecule has 1 aromatic rings. The fourth-order valence-electron chi connectivity index (χ4n) is 3.21. The third kappa shape index (κ3) is 6.61. The third-order valence-electron chi connectivity index (χ3n) is 4.91. The molecule has 0 aromatic heterocycles. The fraction of sp³-hybridized carbons (Fsp3) is 0.652. The molecule has 1 aromatic carbocycles. The summed E-state index contributed by atoms with van der Waals surface area (Å²) in [6, 6.07) is 5.29. The van der Waals surface area contributed by atoms with Gasteiger partial charge in [-0.15, -0.1) is 0 Å². The van der Waals surface area contributed by atoms with Crippen LogP contribution >= 0.6 is 11.6 Å². The van der Waals surface area contributed by atoms with E-state index in [0.29, 0.717) is 47.6 Å². The molecule has 1 saturated carbocycles. The van der Waals surface area contributed by atoms with Gasteiger partial charge >= 0.3 is 5.97 Å². The molecule has 3 rings (SSSR count). The predicted octanol–water partition coefficient (Wildman–Crippen LogP) is 5.15. The van der Waals surface area contributed by atoms with Crippen molar-refractivity contribution in [3.8, 4) is 5.75 Å². The van der Waals surface area contributed by atoms with Gasteiger partial charge in [0.15, 0.2) is 6.10 Å². The van der Waals surface area contributed by atoms with Gasteiger partial charge in [0.05, 0.1) is 0 Å². The first-order valence-electron chi connectivity index (χ1n) is 10.8. The van der Waals surface area contributed by atoms with Crippen LogP contribution in [0, 0.1) is 5.92 Å². The molecule has 2 atom stereocenters. The summed E-state index contributed by atoms with van der Waals surface area (Å²) in [5.41, 5.74) is 0.746. The molecule has 0 amide bonds. The Labute approximate surface area is 183 Å². The number of nitrogens with zero attached hydrogens (tertiary/aromatic N) is 1. The average Bonchev–Trinajstić information content (AvgIpc) is 3.36. The van der Waals surface area contributed by atoms with Crippen LogP contribution < -0.4 is 4.74 Å². The van der Waals surface area contributed by atoms with Crippen LogP contribution in [-0.4, -0.2) is 42.7 Å². The number of unbranched alkanes of at least 4 members (excludes halogenated alkanes) is 1. The summed E-state index contributed by atoms with van der Waals surface area (Å²) >= 11 is 6.27. The van der Waals surface area contributed by atoms with Gasteiger partial charge in [-0.1, -0.05) is 42.9 Å². The van der Waals surface area contributed by atoms with Crippen LogP contribution in [0.5, 0.6) is 5.75 Å². The Morgan fingerprint density at radius 2 is 2.10 bits per heavy atom. The number of carbonyl (C=O) groups is 1. The summed E-state index contributed by atoms with van der Waals surface area (Å²) in [5, 5.41) is 4.74. The quantitative estimate of drug-likeness (QED) is 0.374. The van der Waals surface area contributed by atoms with E-state index in [9.17, 15) is 4.79 Å². The molecule has 1 heterocycles. The lowest BCUT2D eigenvalue weighted by Gasteiger charge is -2.25. The Balaban J connectivity index is 1.81. The zero-order valence-corrected chi connectivity index (χ0v) is 19.0. The summed E-state index contributed by atoms with van der Waals surface area (Å²) < 4.78 is 17.8. The van der Waals surface area contributed by atoms with Gasteiger partial charge in [-0.05, 0) is 57.7 Å². The zero-order valence-electron chi connectivity index (χ0n) is 18.3. The lowest BCUT2D eigenvalue weighted by atomic mass is 10.0. The molecule has 30 heavy (non-hydrogen) atoms. The highest BCUT2D eigenvalue weighted by atomic mass is 35.5. The summed E-state index contributed by atoms with van der Waals surface area (Å²) in [4.78, 5) is 18.1. The van der Waals surface area contributed by atoms with Gasteiger partial charge in [-0.3, -0.25) is 0 Å². The van der Waals surface area contributed by atoms with Gasteiger partial charge in [-0.2, -0.15) is 0 Å². The lowest BCUT2D eigenvalue weighted by molar-refractivity contribution is -0.164. The van der Waals surface area contributed by atoms with Crippen LogP contribution in [0.3, 0.4) is 0 Å². The highest BCUT2D eigenvalue weighted by molar-refractivity contribution is 6.31. The molecule has 2 unspecified atom stereocenters. The number of esters is 1. The predicted molar refractivity (Wildman–Crippen MR) is 116 cm³/mol. The first-order chi connectivity index (χ1) is 14.3. The van der Waals surface area contributed by atoms with E-state index in [1.165, 1.54) is 0 Å². The van der Waals surface area contributed by atoms with Gasteiger partial charge < -0.3 is 19.0 Å². The molecule has 0 spiro atoms. The van der Waals surface area contributed by atoms with E-state index in [0.717, 1.165) is 25.7 Å². The topological polar surface area (TPSA) is 66.3 Å². The Hall–Kier alpha value is -1.79. The first kappa shape index (κ1) is 22.9. The zero-order chi connectivity index (χ0) is 21.7. The van der Waals surface area contributed by atoms with Crippen LogP contribution in [0.15, 0.2) is 23.4 Å². The highest BCUT2D eigenvalue weighted by Crippen LogP contribution is 2.36. The molecular weight excluding hydrogens is 406 g/mol. The van der Waals surface area contributed by atoms with Crippen molar-refractivity contribution in [2.45, 2.75) is 77.6 Å². The molecule has 1 aliphatic heterocycles. The number of ether oxygens (including phenoxy) is 3. The lowest BCUT2D eigenvalue weighted by Crippen LogP contribution is -2.36. The smallest absolute Gasteiger partial charge is 0.347 e. The molecule has 1 aliphatic carbocycles. The van der Waals surface area contributed by atoms with E-state index < -0.39 is 11.7 Å². The van der Waals surface area contributed by atoms with Crippen molar-refractivity contribution in [1.82, 2.24) is 0 Å². The van der Waals surface area contributed by atoms with E-state index in [1.54, 1.807) is 18.2 Å². The Bertz CT molecular complexity index is 769. The molecule has 7 heteroatoms. The number of rotatable bonds is 10. The molecule has 6 nitrogen and oxygen atoms in total. The first-order valence-corrected chi connectivity index (χ1v) is 11.2. The van der Waals surface area contributed by atoms with Crippen molar-refractivity contribution < 1.29 is 23.8 Å². The monoisotopic (exact) mass is 437 g/mol. The van der Waals surface area contributed by atoms with Crippen molar-refractivity contribution in [3.05, 3.63) is 28.8 Å². The summed E-state index contributed by atoms with van der Waals surface area (Å²) in [6.45, 7) is 8.66. The molecule has 0 bridgehead atoms. The van der Waals surface area contributed by atoms with Crippen molar-refractivity contribution >= 4 is 23.3 Å². The van der Waals surface area contributed by atoms with E-state index in [-0.39, 0.29) is 12.1 Å². The average molecular weight is 438 g/mol. The van der Waals surface area contributed by atoms with Crippen molar-refractivity contribution in [1.29, 1.82) is 0 Å². The molecule has 2 aliphatic rings.